The first-order chi connectivity index (χ1) is 9.78. The molecule has 0 bridgehead atoms. The summed E-state index contributed by atoms with van der Waals surface area (Å²) < 4.78 is 5.72. The number of hydrogen-bond donors (Lipinski definition) is 1. The molecule has 0 aliphatic heterocycles. The van der Waals surface area contributed by atoms with Gasteiger partial charge in [0.2, 0.25) is 0 Å². The molecule has 0 saturated carbocycles. The maximum absolute atomic E-state index is 5.72. The Hall–Kier alpha value is -1.80. The summed E-state index contributed by atoms with van der Waals surface area (Å²) in [6, 6.07) is 15.8. The zero-order chi connectivity index (χ0) is 15.4. The molecule has 0 radical (unpaired) electrons. The summed E-state index contributed by atoms with van der Waals surface area (Å²) in [5.74, 6) is 1.67. The second-order valence-electron chi connectivity index (χ2n) is 3.77. The van der Waals surface area contributed by atoms with Gasteiger partial charge in [0, 0.05) is 6.54 Å². The predicted molar refractivity (Wildman–Crippen MR) is 88.3 cm³/mol. The first-order valence-electron chi connectivity index (χ1n) is 7.31. The summed E-state index contributed by atoms with van der Waals surface area (Å²) in [4.78, 5) is 0. The highest BCUT2D eigenvalue weighted by molar-refractivity contribution is 5.34. The van der Waals surface area contributed by atoms with E-state index in [1.165, 1.54) is 5.56 Å². The van der Waals surface area contributed by atoms with Crippen LogP contribution in [0.2, 0.25) is 0 Å². The molecule has 2 rings (SSSR count). The predicted octanol–water partition coefficient (Wildman–Crippen LogP) is 5.30. The summed E-state index contributed by atoms with van der Waals surface area (Å²) in [7, 11) is 0. The van der Waals surface area contributed by atoms with Crippen LogP contribution in [0.1, 0.15) is 38.8 Å². The van der Waals surface area contributed by atoms with E-state index in [-0.39, 0.29) is 0 Å². The summed E-state index contributed by atoms with van der Waals surface area (Å²) in [6.45, 7) is 10.6. The van der Waals surface area contributed by atoms with Gasteiger partial charge in [-0.05, 0) is 36.8 Å². The summed E-state index contributed by atoms with van der Waals surface area (Å²) in [5.41, 5.74) is 7.88. The van der Waals surface area contributed by atoms with Crippen molar-refractivity contribution in [1.29, 1.82) is 0 Å². The monoisotopic (exact) mass is 273 g/mol. The van der Waals surface area contributed by atoms with Crippen LogP contribution in [0.15, 0.2) is 48.5 Å². The Morgan fingerprint density at radius 1 is 0.850 bits per heavy atom. The van der Waals surface area contributed by atoms with Crippen LogP contribution in [0.4, 0.5) is 0 Å². The van der Waals surface area contributed by atoms with Crippen molar-refractivity contribution in [2.45, 2.75) is 41.2 Å². The number of ether oxygens (including phenoxy) is 1. The van der Waals surface area contributed by atoms with E-state index in [1.54, 1.807) is 0 Å². The molecule has 2 aromatic carbocycles. The third kappa shape index (κ3) is 6.39. The average molecular weight is 273 g/mol. The van der Waals surface area contributed by atoms with Crippen LogP contribution in [0.25, 0.3) is 0 Å². The first kappa shape index (κ1) is 18.2. The molecule has 20 heavy (non-hydrogen) atoms. The molecule has 0 fully saturated rings. The first-order valence-corrected chi connectivity index (χ1v) is 7.31. The Kier molecular flexibility index (Phi) is 10.1. The summed E-state index contributed by atoms with van der Waals surface area (Å²) in [6.07, 6.45) is 0. The van der Waals surface area contributed by atoms with Gasteiger partial charge in [0.05, 0.1) is 0 Å². The Morgan fingerprint density at radius 2 is 1.45 bits per heavy atom. The Bertz CT molecular complexity index is 463. The molecule has 0 aliphatic carbocycles. The van der Waals surface area contributed by atoms with Crippen molar-refractivity contribution in [3.8, 4) is 11.5 Å². The van der Waals surface area contributed by atoms with E-state index in [2.05, 4.69) is 6.92 Å². The highest BCUT2D eigenvalue weighted by atomic mass is 16.5. The molecular formula is C18H27NO. The molecule has 0 atom stereocenters. The molecule has 2 N–H and O–H groups in total. The van der Waals surface area contributed by atoms with Gasteiger partial charge in [-0.25, -0.2) is 0 Å². The van der Waals surface area contributed by atoms with Gasteiger partial charge in [-0.15, -0.1) is 0 Å². The second-order valence-corrected chi connectivity index (χ2v) is 3.77. The van der Waals surface area contributed by atoms with Crippen molar-refractivity contribution in [2.24, 2.45) is 5.73 Å². The van der Waals surface area contributed by atoms with Crippen molar-refractivity contribution < 1.29 is 4.74 Å². The molecular weight excluding hydrogens is 246 g/mol. The zero-order valence-electron chi connectivity index (χ0n) is 13.3. The minimum atomic E-state index is 0.533. The van der Waals surface area contributed by atoms with Crippen molar-refractivity contribution in [3.05, 3.63) is 59.7 Å². The second kappa shape index (κ2) is 11.1. The highest BCUT2D eigenvalue weighted by Crippen LogP contribution is 2.22. The van der Waals surface area contributed by atoms with Crippen molar-refractivity contribution in [2.75, 3.05) is 0 Å². The van der Waals surface area contributed by atoms with Crippen LogP contribution < -0.4 is 10.5 Å². The van der Waals surface area contributed by atoms with Crippen LogP contribution in [0, 0.1) is 6.92 Å². The van der Waals surface area contributed by atoms with Gasteiger partial charge in [-0.1, -0.05) is 57.5 Å². The fourth-order valence-electron chi connectivity index (χ4n) is 1.48. The van der Waals surface area contributed by atoms with Crippen LogP contribution in [-0.2, 0) is 6.54 Å². The molecule has 0 aromatic heterocycles. The van der Waals surface area contributed by atoms with Crippen molar-refractivity contribution in [3.63, 3.8) is 0 Å². The standard InChI is InChI=1S/C14H15NO.2C2H6/c1-11-5-7-13(8-6-11)16-14-4-2-3-12(9-14)10-15;2*1-2/h2-9H,10,15H2,1H3;2*1-2H3. The zero-order valence-corrected chi connectivity index (χ0v) is 13.3. The Morgan fingerprint density at radius 3 is 2.00 bits per heavy atom. The lowest BCUT2D eigenvalue weighted by atomic mass is 10.2. The lowest BCUT2D eigenvalue weighted by molar-refractivity contribution is 0.482. The van der Waals surface area contributed by atoms with Crippen LogP contribution in [0.5, 0.6) is 11.5 Å². The maximum atomic E-state index is 5.72. The van der Waals surface area contributed by atoms with E-state index in [9.17, 15) is 0 Å². The number of nitrogens with two attached hydrogens (primary N) is 1. The topological polar surface area (TPSA) is 35.2 Å². The number of rotatable bonds is 3. The third-order valence-electron chi connectivity index (χ3n) is 2.39. The minimum absolute atomic E-state index is 0.533. The van der Waals surface area contributed by atoms with Gasteiger partial charge >= 0.3 is 0 Å². The molecule has 110 valence electrons. The minimum Gasteiger partial charge on any atom is -0.457 e. The lowest BCUT2D eigenvalue weighted by Crippen LogP contribution is -1.96. The van der Waals surface area contributed by atoms with Crippen LogP contribution in [-0.4, -0.2) is 0 Å². The fraction of sp³-hybridized carbons (Fsp3) is 0.333. The van der Waals surface area contributed by atoms with E-state index in [0.29, 0.717) is 6.54 Å². The molecule has 2 heteroatoms. The van der Waals surface area contributed by atoms with Crippen LogP contribution >= 0.6 is 0 Å². The molecule has 2 aromatic rings. The van der Waals surface area contributed by atoms with Gasteiger partial charge in [0.25, 0.3) is 0 Å². The molecule has 0 spiro atoms. The van der Waals surface area contributed by atoms with Crippen LogP contribution in [0.3, 0.4) is 0 Å². The number of aryl methyl sites for hydroxylation is 1. The van der Waals surface area contributed by atoms with Gasteiger partial charge in [-0.3, -0.25) is 0 Å². The Balaban J connectivity index is 0.000000829. The van der Waals surface area contributed by atoms with Crippen molar-refractivity contribution >= 4 is 0 Å². The smallest absolute Gasteiger partial charge is 0.127 e. The molecule has 0 aliphatic rings. The van der Waals surface area contributed by atoms with Crippen molar-refractivity contribution in [1.82, 2.24) is 0 Å². The lowest BCUT2D eigenvalue weighted by Gasteiger charge is -2.07. The van der Waals surface area contributed by atoms with E-state index >= 15 is 0 Å². The molecule has 0 amide bonds. The molecule has 0 saturated heterocycles. The normalized spacial score (nSPS) is 8.70. The SMILES string of the molecule is CC.CC.Cc1ccc(Oc2cccc(CN)c2)cc1. The highest BCUT2D eigenvalue weighted by Gasteiger charge is 1.97. The summed E-state index contributed by atoms with van der Waals surface area (Å²) >= 11 is 0. The van der Waals surface area contributed by atoms with Gasteiger partial charge in [0.15, 0.2) is 0 Å². The maximum Gasteiger partial charge on any atom is 0.127 e. The Labute approximate surface area is 123 Å². The molecule has 0 heterocycles. The molecule has 2 nitrogen and oxygen atoms in total. The summed E-state index contributed by atoms with van der Waals surface area (Å²) in [5, 5.41) is 0. The molecule has 0 unspecified atom stereocenters. The fourth-order valence-corrected chi connectivity index (χ4v) is 1.48. The number of benzene rings is 2. The third-order valence-corrected chi connectivity index (χ3v) is 2.39. The quantitative estimate of drug-likeness (QED) is 0.823. The largest absolute Gasteiger partial charge is 0.457 e. The number of hydrogen-bond acceptors (Lipinski definition) is 2. The van der Waals surface area contributed by atoms with Gasteiger partial charge in [-0.2, -0.15) is 0 Å². The van der Waals surface area contributed by atoms with Gasteiger partial charge in [0.1, 0.15) is 11.5 Å². The van der Waals surface area contributed by atoms with Gasteiger partial charge < -0.3 is 10.5 Å². The van der Waals surface area contributed by atoms with E-state index in [4.69, 9.17) is 10.5 Å². The van der Waals surface area contributed by atoms with E-state index in [1.807, 2.05) is 76.2 Å². The van der Waals surface area contributed by atoms with E-state index < -0.39 is 0 Å². The average Bonchev–Trinajstić information content (AvgIpc) is 2.54. The van der Waals surface area contributed by atoms with E-state index in [0.717, 1.165) is 17.1 Å².